The number of nitrogens with zero attached hydrogens (tertiary/aromatic N) is 3. The summed E-state index contributed by atoms with van der Waals surface area (Å²) in [6.45, 7) is 10.4. The molecule has 1 aromatic carbocycles. The standard InChI is InChI=1S/C22H33FN6O2/c1-21(2,3)31-20(30)27-22(4,5)15-26-19(24-6)25-13-11-17-12-14-29(28-17)18-9-7-16(23)8-10-18/h7-10,12,14H,11,13,15H2,1-6H3,(H,27,30)(H2,24,25,26). The highest BCUT2D eigenvalue weighted by Crippen LogP contribution is 2.10. The SMILES string of the molecule is CN=C(NCCc1ccn(-c2ccc(F)cc2)n1)NCC(C)(C)NC(=O)OC(C)(C)C. The molecule has 0 aliphatic rings. The second kappa shape index (κ2) is 10.3. The fourth-order valence-electron chi connectivity index (χ4n) is 2.69. The third kappa shape index (κ3) is 8.65. The van der Waals surface area contributed by atoms with Crippen molar-refractivity contribution in [3.8, 4) is 5.69 Å². The van der Waals surface area contributed by atoms with Crippen LogP contribution in [0.4, 0.5) is 9.18 Å². The number of alkyl carbamates (subject to hydrolysis) is 1. The molecule has 170 valence electrons. The number of carbonyl (C=O) groups is 1. The largest absolute Gasteiger partial charge is 0.444 e. The third-order valence-electron chi connectivity index (χ3n) is 4.17. The second-order valence-electron chi connectivity index (χ2n) is 8.84. The van der Waals surface area contributed by atoms with Gasteiger partial charge in [-0.1, -0.05) is 0 Å². The molecule has 0 saturated heterocycles. The summed E-state index contributed by atoms with van der Waals surface area (Å²) in [5.74, 6) is 0.348. The minimum absolute atomic E-state index is 0.274. The van der Waals surface area contributed by atoms with Gasteiger partial charge in [-0.15, -0.1) is 0 Å². The minimum atomic E-state index is -0.547. The van der Waals surface area contributed by atoms with E-state index in [1.54, 1.807) is 23.9 Å². The lowest BCUT2D eigenvalue weighted by atomic mass is 10.1. The summed E-state index contributed by atoms with van der Waals surface area (Å²) < 4.78 is 20.1. The molecule has 31 heavy (non-hydrogen) atoms. The van der Waals surface area contributed by atoms with Gasteiger partial charge in [0, 0.05) is 32.8 Å². The van der Waals surface area contributed by atoms with E-state index in [2.05, 4.69) is 26.0 Å². The quantitative estimate of drug-likeness (QED) is 0.462. The van der Waals surface area contributed by atoms with Gasteiger partial charge in [-0.25, -0.2) is 13.9 Å². The molecule has 0 bridgehead atoms. The number of nitrogens with one attached hydrogen (secondary N) is 3. The van der Waals surface area contributed by atoms with Crippen molar-refractivity contribution >= 4 is 12.1 Å². The lowest BCUT2D eigenvalue weighted by Gasteiger charge is -2.29. The van der Waals surface area contributed by atoms with E-state index in [-0.39, 0.29) is 5.82 Å². The molecule has 0 spiro atoms. The van der Waals surface area contributed by atoms with E-state index in [1.807, 2.05) is 46.9 Å². The first-order chi connectivity index (χ1) is 14.5. The van der Waals surface area contributed by atoms with Crippen LogP contribution in [0.1, 0.15) is 40.3 Å². The maximum atomic E-state index is 13.1. The maximum Gasteiger partial charge on any atom is 0.408 e. The van der Waals surface area contributed by atoms with Gasteiger partial charge < -0.3 is 20.7 Å². The van der Waals surface area contributed by atoms with Crippen molar-refractivity contribution in [1.82, 2.24) is 25.7 Å². The average Bonchev–Trinajstić information content (AvgIpc) is 3.12. The van der Waals surface area contributed by atoms with Gasteiger partial charge in [0.25, 0.3) is 0 Å². The highest BCUT2D eigenvalue weighted by molar-refractivity contribution is 5.79. The molecule has 1 aromatic heterocycles. The third-order valence-corrected chi connectivity index (χ3v) is 4.17. The molecule has 0 radical (unpaired) electrons. The fourth-order valence-corrected chi connectivity index (χ4v) is 2.69. The molecule has 0 fully saturated rings. The Hall–Kier alpha value is -3.10. The van der Waals surface area contributed by atoms with Crippen molar-refractivity contribution in [3.05, 3.63) is 48.0 Å². The van der Waals surface area contributed by atoms with E-state index in [0.717, 1.165) is 11.4 Å². The molecule has 2 rings (SSSR count). The molecule has 0 atom stereocenters. The molecule has 3 N–H and O–H groups in total. The van der Waals surface area contributed by atoms with E-state index in [9.17, 15) is 9.18 Å². The van der Waals surface area contributed by atoms with Crippen LogP contribution in [0.25, 0.3) is 5.69 Å². The summed E-state index contributed by atoms with van der Waals surface area (Å²) in [6, 6.07) is 8.11. The normalized spacial score (nSPS) is 12.4. The van der Waals surface area contributed by atoms with Gasteiger partial charge in [-0.3, -0.25) is 4.99 Å². The molecule has 9 heteroatoms. The van der Waals surface area contributed by atoms with Crippen LogP contribution in [-0.4, -0.2) is 53.1 Å². The number of aliphatic imine (C=N–C) groups is 1. The highest BCUT2D eigenvalue weighted by atomic mass is 19.1. The first-order valence-corrected chi connectivity index (χ1v) is 10.2. The predicted octanol–water partition coefficient (Wildman–Crippen LogP) is 3.02. The number of hydrogen-bond acceptors (Lipinski definition) is 4. The van der Waals surface area contributed by atoms with Crippen LogP contribution < -0.4 is 16.0 Å². The van der Waals surface area contributed by atoms with Gasteiger partial charge in [0.2, 0.25) is 0 Å². The van der Waals surface area contributed by atoms with Crippen molar-refractivity contribution < 1.29 is 13.9 Å². The van der Waals surface area contributed by atoms with Crippen molar-refractivity contribution in [1.29, 1.82) is 0 Å². The lowest BCUT2D eigenvalue weighted by molar-refractivity contribution is 0.0474. The predicted molar refractivity (Wildman–Crippen MR) is 120 cm³/mol. The molecule has 0 aliphatic heterocycles. The minimum Gasteiger partial charge on any atom is -0.444 e. The molecule has 1 heterocycles. The van der Waals surface area contributed by atoms with Crippen molar-refractivity contribution in [2.75, 3.05) is 20.1 Å². The molecule has 0 unspecified atom stereocenters. The maximum absolute atomic E-state index is 13.1. The van der Waals surface area contributed by atoms with Gasteiger partial charge in [-0.2, -0.15) is 5.10 Å². The van der Waals surface area contributed by atoms with E-state index >= 15 is 0 Å². The number of amides is 1. The average molecular weight is 433 g/mol. The Labute approximate surface area is 183 Å². The van der Waals surface area contributed by atoms with Crippen LogP contribution in [-0.2, 0) is 11.2 Å². The van der Waals surface area contributed by atoms with Crippen molar-refractivity contribution in [2.24, 2.45) is 4.99 Å². The van der Waals surface area contributed by atoms with E-state index in [0.29, 0.717) is 25.5 Å². The molecule has 2 aromatic rings. The zero-order chi connectivity index (χ0) is 23.1. The topological polar surface area (TPSA) is 92.6 Å². The smallest absolute Gasteiger partial charge is 0.408 e. The number of guanidine groups is 1. The van der Waals surface area contributed by atoms with Gasteiger partial charge in [0.1, 0.15) is 11.4 Å². The summed E-state index contributed by atoms with van der Waals surface area (Å²) in [4.78, 5) is 16.2. The van der Waals surface area contributed by atoms with Crippen LogP contribution in [0, 0.1) is 5.82 Å². The number of carbonyl (C=O) groups excluding carboxylic acids is 1. The van der Waals surface area contributed by atoms with Crippen LogP contribution in [0.5, 0.6) is 0 Å². The van der Waals surface area contributed by atoms with Gasteiger partial charge in [0.15, 0.2) is 5.96 Å². The Morgan fingerprint density at radius 3 is 2.42 bits per heavy atom. The second-order valence-corrected chi connectivity index (χ2v) is 8.84. The Kier molecular flexibility index (Phi) is 8.01. The van der Waals surface area contributed by atoms with Crippen molar-refractivity contribution in [2.45, 2.75) is 52.2 Å². The monoisotopic (exact) mass is 432 g/mol. The summed E-state index contributed by atoms with van der Waals surface area (Å²) in [5, 5.41) is 13.8. The summed E-state index contributed by atoms with van der Waals surface area (Å²) >= 11 is 0. The summed E-state index contributed by atoms with van der Waals surface area (Å²) in [6.07, 6.45) is 2.08. The lowest BCUT2D eigenvalue weighted by Crippen LogP contribution is -2.54. The highest BCUT2D eigenvalue weighted by Gasteiger charge is 2.24. The Bertz CT molecular complexity index is 884. The van der Waals surface area contributed by atoms with Gasteiger partial charge in [0.05, 0.1) is 16.9 Å². The van der Waals surface area contributed by atoms with E-state index < -0.39 is 17.2 Å². The number of rotatable bonds is 7. The molecule has 0 aliphatic carbocycles. The Balaban J connectivity index is 1.78. The summed E-state index contributed by atoms with van der Waals surface area (Å²) in [7, 11) is 1.69. The molecule has 1 amide bonds. The molecule has 8 nitrogen and oxygen atoms in total. The van der Waals surface area contributed by atoms with E-state index in [4.69, 9.17) is 4.74 Å². The van der Waals surface area contributed by atoms with Gasteiger partial charge in [-0.05, 0) is 65.0 Å². The zero-order valence-corrected chi connectivity index (χ0v) is 19.1. The number of benzene rings is 1. The van der Waals surface area contributed by atoms with Crippen molar-refractivity contribution in [3.63, 3.8) is 0 Å². The Morgan fingerprint density at radius 2 is 1.81 bits per heavy atom. The van der Waals surface area contributed by atoms with Crippen LogP contribution in [0.3, 0.4) is 0 Å². The first kappa shape index (κ1) is 24.2. The van der Waals surface area contributed by atoms with Gasteiger partial charge >= 0.3 is 6.09 Å². The number of ether oxygens (including phenoxy) is 1. The number of halogens is 1. The molecular formula is C22H33FN6O2. The Morgan fingerprint density at radius 1 is 1.13 bits per heavy atom. The van der Waals surface area contributed by atoms with Crippen LogP contribution in [0.15, 0.2) is 41.5 Å². The fraction of sp³-hybridized carbons (Fsp3) is 0.500. The first-order valence-electron chi connectivity index (χ1n) is 10.2. The van der Waals surface area contributed by atoms with E-state index in [1.165, 1.54) is 12.1 Å². The van der Waals surface area contributed by atoms with Crippen LogP contribution in [0.2, 0.25) is 0 Å². The summed E-state index contributed by atoms with van der Waals surface area (Å²) in [5.41, 5.74) is 0.625. The number of aromatic nitrogens is 2. The van der Waals surface area contributed by atoms with Crippen LogP contribution >= 0.6 is 0 Å². The molecule has 0 saturated carbocycles. The zero-order valence-electron chi connectivity index (χ0n) is 19.1. The number of hydrogen-bond donors (Lipinski definition) is 3. The molecular weight excluding hydrogens is 399 g/mol.